The van der Waals surface area contributed by atoms with E-state index in [0.717, 1.165) is 5.56 Å². The molecule has 1 aromatic heterocycles. The minimum absolute atomic E-state index is 0.0587. The van der Waals surface area contributed by atoms with E-state index >= 15 is 0 Å². The van der Waals surface area contributed by atoms with E-state index in [0.29, 0.717) is 18.1 Å². The maximum atomic E-state index is 12.9. The Labute approximate surface area is 193 Å². The zero-order valence-corrected chi connectivity index (χ0v) is 22.0. The van der Waals surface area contributed by atoms with Crippen LogP contribution in [0.3, 0.4) is 0 Å². The number of aromatic nitrogens is 1. The van der Waals surface area contributed by atoms with Crippen LogP contribution >= 0.6 is 0 Å². The Morgan fingerprint density at radius 3 is 2.22 bits per heavy atom. The Balaban J connectivity index is 2.11. The van der Waals surface area contributed by atoms with Gasteiger partial charge in [-0.25, -0.2) is 13.4 Å². The summed E-state index contributed by atoms with van der Waals surface area (Å²) in [5, 5.41) is 0.0587. The average molecular weight is 479 g/mol. The second-order valence-electron chi connectivity index (χ2n) is 9.31. The lowest BCUT2D eigenvalue weighted by Crippen LogP contribution is -2.43. The van der Waals surface area contributed by atoms with Crippen molar-refractivity contribution in [1.29, 1.82) is 0 Å². The van der Waals surface area contributed by atoms with Crippen molar-refractivity contribution in [2.45, 2.75) is 50.7 Å². The van der Waals surface area contributed by atoms with Crippen molar-refractivity contribution in [2.75, 3.05) is 27.3 Å². The largest absolute Gasteiger partial charge is 0.481 e. The summed E-state index contributed by atoms with van der Waals surface area (Å²) in [6, 6.07) is 9.28. The molecule has 0 aliphatic rings. The number of ether oxygens (including phenoxy) is 1. The van der Waals surface area contributed by atoms with Crippen molar-refractivity contribution in [1.82, 2.24) is 9.29 Å². The van der Waals surface area contributed by atoms with E-state index in [1.165, 1.54) is 42.7 Å². The highest BCUT2D eigenvalue weighted by molar-refractivity contribution is 7.89. The van der Waals surface area contributed by atoms with Gasteiger partial charge in [0.15, 0.2) is 8.32 Å². The lowest BCUT2D eigenvalue weighted by atomic mass is 10.1. The monoisotopic (exact) mass is 478 g/mol. The van der Waals surface area contributed by atoms with Crippen molar-refractivity contribution in [3.8, 4) is 5.88 Å². The van der Waals surface area contributed by atoms with E-state index in [1.807, 2.05) is 6.92 Å². The highest BCUT2D eigenvalue weighted by Gasteiger charge is 2.37. The van der Waals surface area contributed by atoms with Crippen LogP contribution in [0.15, 0.2) is 41.3 Å². The fraction of sp³-hybridized carbons (Fsp3) is 0.478. The van der Waals surface area contributed by atoms with Crippen molar-refractivity contribution >= 4 is 24.1 Å². The minimum Gasteiger partial charge on any atom is -0.481 e. The van der Waals surface area contributed by atoms with Gasteiger partial charge in [-0.2, -0.15) is 4.31 Å². The third-order valence-corrected chi connectivity index (χ3v) is 12.4. The smallest absolute Gasteiger partial charge is 0.242 e. The molecule has 0 fully saturated rings. The average Bonchev–Trinajstić information content (AvgIpc) is 2.72. The first kappa shape index (κ1) is 26.2. The first-order valence-electron chi connectivity index (χ1n) is 10.5. The SMILES string of the molecule is COc1nc(C(=O)c2ccc(S(=O)(=O)N(C)CCO[Si](C)(C)C(C)(C)C)cc2)ccc1C. The number of rotatable bonds is 9. The van der Waals surface area contributed by atoms with Gasteiger partial charge < -0.3 is 9.16 Å². The number of carbonyl (C=O) groups excluding carboxylic acids is 1. The third-order valence-electron chi connectivity index (χ3n) is 5.98. The Kier molecular flexibility index (Phi) is 8.04. The zero-order chi connectivity index (χ0) is 24.3. The van der Waals surface area contributed by atoms with E-state index in [2.05, 4.69) is 38.8 Å². The van der Waals surface area contributed by atoms with Crippen LogP contribution in [-0.2, 0) is 14.4 Å². The van der Waals surface area contributed by atoms with Crippen LogP contribution in [0.2, 0.25) is 18.1 Å². The topological polar surface area (TPSA) is 85.8 Å². The van der Waals surface area contributed by atoms with Crippen molar-refractivity contribution in [2.24, 2.45) is 0 Å². The van der Waals surface area contributed by atoms with Gasteiger partial charge >= 0.3 is 0 Å². The summed E-state index contributed by atoms with van der Waals surface area (Å²) in [5.41, 5.74) is 1.42. The second kappa shape index (κ2) is 9.82. The molecule has 2 aromatic rings. The van der Waals surface area contributed by atoms with Crippen molar-refractivity contribution < 1.29 is 22.4 Å². The number of aryl methyl sites for hydroxylation is 1. The lowest BCUT2D eigenvalue weighted by molar-refractivity contribution is 0.103. The van der Waals surface area contributed by atoms with Gasteiger partial charge in [-0.15, -0.1) is 0 Å². The molecule has 176 valence electrons. The Bertz CT molecular complexity index is 1060. The summed E-state index contributed by atoms with van der Waals surface area (Å²) in [6.45, 7) is 13.1. The van der Waals surface area contributed by atoms with Crippen LogP contribution in [-0.4, -0.2) is 59.1 Å². The van der Waals surface area contributed by atoms with E-state index in [4.69, 9.17) is 9.16 Å². The molecule has 0 saturated carbocycles. The van der Waals surface area contributed by atoms with E-state index in [9.17, 15) is 13.2 Å². The number of likely N-dealkylation sites (N-methyl/N-ethyl adjacent to an activating group) is 1. The number of benzene rings is 1. The van der Waals surface area contributed by atoms with Crippen molar-refractivity contribution in [3.05, 3.63) is 53.2 Å². The van der Waals surface area contributed by atoms with Crippen LogP contribution < -0.4 is 4.74 Å². The second-order valence-corrected chi connectivity index (χ2v) is 16.2. The molecule has 1 aromatic carbocycles. The summed E-state index contributed by atoms with van der Waals surface area (Å²) in [7, 11) is -2.61. The fourth-order valence-electron chi connectivity index (χ4n) is 2.72. The number of nitrogens with zero attached hydrogens (tertiary/aromatic N) is 2. The minimum atomic E-state index is -3.69. The van der Waals surface area contributed by atoms with Gasteiger partial charge in [0.25, 0.3) is 0 Å². The van der Waals surface area contributed by atoms with Gasteiger partial charge in [0.2, 0.25) is 21.7 Å². The predicted octanol–water partition coefficient (Wildman–Crippen LogP) is 4.27. The first-order valence-corrected chi connectivity index (χ1v) is 14.8. The van der Waals surface area contributed by atoms with Crippen LogP contribution in [0.1, 0.15) is 42.4 Å². The summed E-state index contributed by atoms with van der Waals surface area (Å²) in [4.78, 5) is 17.1. The number of pyridine rings is 1. The predicted molar refractivity (Wildman–Crippen MR) is 128 cm³/mol. The highest BCUT2D eigenvalue weighted by atomic mass is 32.2. The molecule has 0 bridgehead atoms. The normalized spacial score (nSPS) is 12.8. The van der Waals surface area contributed by atoms with Gasteiger partial charge in [-0.05, 0) is 55.4 Å². The molecule has 0 unspecified atom stereocenters. The molecule has 0 spiro atoms. The summed E-state index contributed by atoms with van der Waals surface area (Å²) in [6.07, 6.45) is 0. The van der Waals surface area contributed by atoms with Crippen LogP contribution in [0, 0.1) is 6.92 Å². The molecule has 0 aliphatic carbocycles. The fourth-order valence-corrected chi connectivity index (χ4v) is 4.90. The maximum absolute atomic E-state index is 12.9. The lowest BCUT2D eigenvalue weighted by Gasteiger charge is -2.36. The third kappa shape index (κ3) is 5.83. The van der Waals surface area contributed by atoms with Gasteiger partial charge in [-0.1, -0.05) is 26.8 Å². The number of hydrogen-bond donors (Lipinski definition) is 0. The number of carbonyl (C=O) groups is 1. The van der Waals surface area contributed by atoms with Crippen LogP contribution in [0.25, 0.3) is 0 Å². The quantitative estimate of drug-likeness (QED) is 0.395. The Hall–Kier alpha value is -2.07. The van der Waals surface area contributed by atoms with Gasteiger partial charge in [0.1, 0.15) is 5.69 Å². The molecule has 0 amide bonds. The first-order chi connectivity index (χ1) is 14.7. The number of hydrogen-bond acceptors (Lipinski definition) is 6. The maximum Gasteiger partial charge on any atom is 0.242 e. The molecule has 32 heavy (non-hydrogen) atoms. The van der Waals surface area contributed by atoms with Crippen molar-refractivity contribution in [3.63, 3.8) is 0 Å². The zero-order valence-electron chi connectivity index (χ0n) is 20.2. The molecule has 7 nitrogen and oxygen atoms in total. The van der Waals surface area contributed by atoms with Crippen LogP contribution in [0.5, 0.6) is 5.88 Å². The molecule has 0 saturated heterocycles. The van der Waals surface area contributed by atoms with Gasteiger partial charge in [0.05, 0.1) is 12.0 Å². The van der Waals surface area contributed by atoms with Gasteiger partial charge in [0, 0.05) is 31.3 Å². The molecule has 0 atom stereocenters. The van der Waals surface area contributed by atoms with E-state index < -0.39 is 18.3 Å². The molecule has 2 rings (SSSR count). The van der Waals surface area contributed by atoms with E-state index in [-0.39, 0.29) is 28.0 Å². The van der Waals surface area contributed by atoms with Gasteiger partial charge in [-0.3, -0.25) is 4.79 Å². The standard InChI is InChI=1S/C23H34N2O5SSi/c1-17-9-14-20(24-22(17)29-6)21(26)18-10-12-19(13-11-18)31(27,28)25(5)15-16-30-32(7,8)23(2,3)4/h9-14H,15-16H2,1-8H3. The molecular formula is C23H34N2O5SSi. The molecule has 0 aliphatic heterocycles. The molecular weight excluding hydrogens is 444 g/mol. The summed E-state index contributed by atoms with van der Waals surface area (Å²) >= 11 is 0. The molecule has 0 N–H and O–H groups in total. The summed E-state index contributed by atoms with van der Waals surface area (Å²) in [5.74, 6) is 0.0833. The molecule has 0 radical (unpaired) electrons. The number of ketones is 1. The summed E-state index contributed by atoms with van der Waals surface area (Å²) < 4.78 is 38.4. The highest BCUT2D eigenvalue weighted by Crippen LogP contribution is 2.36. The number of methoxy groups -OCH3 is 1. The Morgan fingerprint density at radius 1 is 1.09 bits per heavy atom. The van der Waals surface area contributed by atoms with E-state index in [1.54, 1.807) is 12.1 Å². The molecule has 1 heterocycles. The molecule has 9 heteroatoms. The van der Waals surface area contributed by atoms with Crippen LogP contribution in [0.4, 0.5) is 0 Å². The Morgan fingerprint density at radius 2 is 1.69 bits per heavy atom. The number of sulfonamides is 1.